The zero-order valence-electron chi connectivity index (χ0n) is 16.4. The lowest BCUT2D eigenvalue weighted by Crippen LogP contribution is -2.30. The van der Waals surface area contributed by atoms with Crippen molar-refractivity contribution in [1.82, 2.24) is 4.90 Å². The molecule has 11 heteroatoms. The number of amides is 2. The summed E-state index contributed by atoms with van der Waals surface area (Å²) >= 11 is 6.64. The summed E-state index contributed by atoms with van der Waals surface area (Å²) in [7, 11) is 2.98. The normalized spacial score (nSPS) is 17.9. The van der Waals surface area contributed by atoms with Gasteiger partial charge in [-0.15, -0.1) is 0 Å². The number of aliphatic imine (C=N–C) groups is 1. The molecular weight excluding hydrogens is 455 g/mol. The average Bonchev–Trinajstić information content (AvgIpc) is 2.97. The van der Waals surface area contributed by atoms with Gasteiger partial charge in [0.1, 0.15) is 11.0 Å². The largest absolute Gasteiger partial charge is 0.497 e. The minimum atomic E-state index is -4.63. The van der Waals surface area contributed by atoms with E-state index < -0.39 is 22.0 Å². The van der Waals surface area contributed by atoms with Gasteiger partial charge in [-0.05, 0) is 42.5 Å². The van der Waals surface area contributed by atoms with Crippen molar-refractivity contribution in [3.05, 3.63) is 53.1 Å². The van der Waals surface area contributed by atoms with Crippen LogP contribution in [-0.2, 0) is 15.8 Å². The molecule has 0 unspecified atom stereocenters. The predicted molar refractivity (Wildman–Crippen MR) is 114 cm³/mol. The monoisotopic (exact) mass is 471 g/mol. The molecule has 1 aliphatic rings. The maximum Gasteiger partial charge on any atom is 0.417 e. The number of anilines is 1. The van der Waals surface area contributed by atoms with Gasteiger partial charge in [0.15, 0.2) is 5.17 Å². The Kier molecular flexibility index (Phi) is 6.80. The third kappa shape index (κ3) is 5.50. The maximum absolute atomic E-state index is 13.1. The number of amidine groups is 1. The van der Waals surface area contributed by atoms with E-state index in [1.165, 1.54) is 25.1 Å². The highest BCUT2D eigenvalue weighted by Crippen LogP contribution is 2.38. The van der Waals surface area contributed by atoms with E-state index >= 15 is 0 Å². The van der Waals surface area contributed by atoms with E-state index in [1.54, 1.807) is 24.3 Å². The zero-order valence-corrected chi connectivity index (χ0v) is 17.9. The first-order chi connectivity index (χ1) is 14.6. The van der Waals surface area contributed by atoms with Gasteiger partial charge in [0.25, 0.3) is 0 Å². The first-order valence-corrected chi connectivity index (χ1v) is 10.2. The van der Waals surface area contributed by atoms with Crippen LogP contribution < -0.4 is 10.1 Å². The van der Waals surface area contributed by atoms with Gasteiger partial charge in [-0.1, -0.05) is 23.4 Å². The molecule has 1 fully saturated rings. The smallest absolute Gasteiger partial charge is 0.417 e. The molecule has 6 nitrogen and oxygen atoms in total. The van der Waals surface area contributed by atoms with Crippen molar-refractivity contribution in [2.24, 2.45) is 4.99 Å². The van der Waals surface area contributed by atoms with Gasteiger partial charge in [-0.25, -0.2) is 4.99 Å². The Hall–Kier alpha value is -2.72. The fourth-order valence-corrected chi connectivity index (χ4v) is 4.14. The first-order valence-electron chi connectivity index (χ1n) is 8.92. The number of carbonyl (C=O) groups excluding carboxylic acids is 2. The minimum absolute atomic E-state index is 0.00205. The van der Waals surface area contributed by atoms with Crippen LogP contribution in [0.4, 0.5) is 24.5 Å². The molecule has 31 heavy (non-hydrogen) atoms. The summed E-state index contributed by atoms with van der Waals surface area (Å²) in [6.07, 6.45) is -4.74. The highest BCUT2D eigenvalue weighted by molar-refractivity contribution is 8.15. The number of alkyl halides is 3. The van der Waals surface area contributed by atoms with E-state index in [0.717, 1.165) is 23.9 Å². The van der Waals surface area contributed by atoms with Crippen molar-refractivity contribution < 1.29 is 27.5 Å². The molecule has 1 aliphatic heterocycles. The Labute approximate surface area is 185 Å². The van der Waals surface area contributed by atoms with Crippen LogP contribution in [0.25, 0.3) is 0 Å². The quantitative estimate of drug-likeness (QED) is 0.669. The lowest BCUT2D eigenvalue weighted by molar-refractivity contribution is -0.137. The standard InChI is InChI=1S/C20H17ClF3N3O3S/c1-27-18(29)16(10-17(28)25-11-3-6-13(30-2)7-4-11)31-19(27)26-12-5-8-15(21)14(9-12)20(22,23)24/h3-9,16H,10H2,1-2H3,(H,25,28)/t16-/m0/s1. The predicted octanol–water partition coefficient (Wildman–Crippen LogP) is 4.96. The molecule has 0 radical (unpaired) electrons. The molecule has 2 aromatic rings. The number of hydrogen-bond donors (Lipinski definition) is 1. The lowest BCUT2D eigenvalue weighted by Gasteiger charge is -2.11. The number of methoxy groups -OCH3 is 1. The summed E-state index contributed by atoms with van der Waals surface area (Å²) in [6, 6.07) is 9.95. The van der Waals surface area contributed by atoms with E-state index in [1.807, 2.05) is 0 Å². The second kappa shape index (κ2) is 9.19. The van der Waals surface area contributed by atoms with Crippen molar-refractivity contribution in [3.63, 3.8) is 0 Å². The van der Waals surface area contributed by atoms with E-state index in [4.69, 9.17) is 16.3 Å². The first kappa shape index (κ1) is 23.0. The van der Waals surface area contributed by atoms with Gasteiger partial charge < -0.3 is 10.1 Å². The summed E-state index contributed by atoms with van der Waals surface area (Å²) in [5.74, 6) is -0.104. The van der Waals surface area contributed by atoms with E-state index in [0.29, 0.717) is 11.4 Å². The SMILES string of the molecule is COc1ccc(NC(=O)C[C@@H]2SC(=Nc3ccc(Cl)c(C(F)(F)F)c3)N(C)C2=O)cc1. The van der Waals surface area contributed by atoms with Crippen molar-refractivity contribution >= 4 is 51.7 Å². The van der Waals surface area contributed by atoms with Gasteiger partial charge in [-0.3, -0.25) is 14.5 Å². The fourth-order valence-electron chi connectivity index (χ4n) is 2.76. The van der Waals surface area contributed by atoms with Crippen LogP contribution in [0.3, 0.4) is 0 Å². The molecule has 1 atom stereocenters. The molecule has 1 heterocycles. The summed E-state index contributed by atoms with van der Waals surface area (Å²) in [5, 5.41) is 1.71. The number of rotatable bonds is 5. The molecule has 0 aromatic heterocycles. The second-order valence-electron chi connectivity index (χ2n) is 6.54. The van der Waals surface area contributed by atoms with Crippen molar-refractivity contribution in [2.45, 2.75) is 17.8 Å². The van der Waals surface area contributed by atoms with E-state index in [9.17, 15) is 22.8 Å². The van der Waals surface area contributed by atoms with Crippen molar-refractivity contribution in [1.29, 1.82) is 0 Å². The van der Waals surface area contributed by atoms with Gasteiger partial charge >= 0.3 is 6.18 Å². The molecule has 1 N–H and O–H groups in total. The van der Waals surface area contributed by atoms with Gasteiger partial charge in [0.05, 0.1) is 23.4 Å². The number of ether oxygens (including phenoxy) is 1. The molecule has 0 bridgehead atoms. The number of hydrogen-bond acceptors (Lipinski definition) is 5. The number of nitrogens with one attached hydrogen (secondary N) is 1. The minimum Gasteiger partial charge on any atom is -0.497 e. The number of thioether (sulfide) groups is 1. The molecule has 2 aromatic carbocycles. The van der Waals surface area contributed by atoms with Crippen LogP contribution in [-0.4, -0.2) is 41.3 Å². The third-order valence-electron chi connectivity index (χ3n) is 4.37. The van der Waals surface area contributed by atoms with E-state index in [-0.39, 0.29) is 29.1 Å². The van der Waals surface area contributed by atoms with Crippen LogP contribution in [0.5, 0.6) is 5.75 Å². The Morgan fingerprint density at radius 1 is 1.26 bits per heavy atom. The van der Waals surface area contributed by atoms with Crippen LogP contribution in [0, 0.1) is 0 Å². The molecule has 164 valence electrons. The summed E-state index contributed by atoms with van der Waals surface area (Å²) in [6.45, 7) is 0. The van der Waals surface area contributed by atoms with Gasteiger partial charge in [0.2, 0.25) is 11.8 Å². The van der Waals surface area contributed by atoms with Crippen molar-refractivity contribution in [2.75, 3.05) is 19.5 Å². The maximum atomic E-state index is 13.1. The van der Waals surface area contributed by atoms with Gasteiger partial charge in [0, 0.05) is 19.2 Å². The highest BCUT2D eigenvalue weighted by Gasteiger charge is 2.37. The Balaban J connectivity index is 1.71. The molecule has 0 saturated carbocycles. The zero-order chi connectivity index (χ0) is 22.8. The van der Waals surface area contributed by atoms with Crippen LogP contribution in [0.2, 0.25) is 5.02 Å². The topological polar surface area (TPSA) is 71.0 Å². The van der Waals surface area contributed by atoms with Gasteiger partial charge in [-0.2, -0.15) is 13.2 Å². The number of carbonyl (C=O) groups is 2. The Bertz CT molecular complexity index is 1030. The number of halogens is 4. The van der Waals surface area contributed by atoms with Crippen LogP contribution >= 0.6 is 23.4 Å². The fraction of sp³-hybridized carbons (Fsp3) is 0.250. The molecule has 2 amide bonds. The average molecular weight is 472 g/mol. The molecule has 1 saturated heterocycles. The summed E-state index contributed by atoms with van der Waals surface area (Å²) in [4.78, 5) is 30.2. The summed E-state index contributed by atoms with van der Waals surface area (Å²) < 4.78 is 44.2. The lowest BCUT2D eigenvalue weighted by atomic mass is 10.2. The summed E-state index contributed by atoms with van der Waals surface area (Å²) in [5.41, 5.74) is -0.463. The number of benzene rings is 2. The second-order valence-corrected chi connectivity index (χ2v) is 8.12. The molecule has 0 spiro atoms. The highest BCUT2D eigenvalue weighted by atomic mass is 35.5. The van der Waals surface area contributed by atoms with E-state index in [2.05, 4.69) is 10.3 Å². The third-order valence-corrected chi connectivity index (χ3v) is 5.92. The Morgan fingerprint density at radius 2 is 1.94 bits per heavy atom. The molecule has 0 aliphatic carbocycles. The number of nitrogens with zero attached hydrogens (tertiary/aromatic N) is 2. The van der Waals surface area contributed by atoms with Crippen molar-refractivity contribution in [3.8, 4) is 5.75 Å². The Morgan fingerprint density at radius 3 is 2.55 bits per heavy atom. The van der Waals surface area contributed by atoms with Crippen LogP contribution in [0.15, 0.2) is 47.5 Å². The molecule has 3 rings (SSSR count). The van der Waals surface area contributed by atoms with Crippen LogP contribution in [0.1, 0.15) is 12.0 Å². The molecular formula is C20H17ClF3N3O3S.